The molecule has 1 atom stereocenters. The van der Waals surface area contributed by atoms with Crippen LogP contribution in [-0.4, -0.2) is 5.78 Å². The van der Waals surface area contributed by atoms with Crippen LogP contribution >= 0.6 is 0 Å². The molecule has 0 aliphatic rings. The second-order valence-electron chi connectivity index (χ2n) is 4.74. The fraction of sp³-hybridized carbons (Fsp3) is 0.167. The van der Waals surface area contributed by atoms with Crippen molar-refractivity contribution in [3.63, 3.8) is 0 Å². The van der Waals surface area contributed by atoms with Crippen molar-refractivity contribution in [3.8, 4) is 0 Å². The Morgan fingerprint density at radius 3 is 2.21 bits per heavy atom. The smallest absolute Gasteiger partial charge is 0.163 e. The Bertz CT molecular complexity index is 540. The third-order valence-electron chi connectivity index (χ3n) is 3.02. The van der Waals surface area contributed by atoms with E-state index in [4.69, 9.17) is 0 Å². The standard InChI is InChI=1S/C18H18O/c1-15(12-13-16-8-4-2-5-9-16)14-18(19)17-10-6-3-7-11-17/h2-13,15H,14H2,1H3/b13-12+. The predicted molar refractivity (Wildman–Crippen MR) is 80.0 cm³/mol. The maximum absolute atomic E-state index is 12.0. The maximum Gasteiger partial charge on any atom is 0.163 e. The van der Waals surface area contributed by atoms with E-state index >= 15 is 0 Å². The van der Waals surface area contributed by atoms with E-state index in [0.717, 1.165) is 5.56 Å². The molecule has 96 valence electrons. The van der Waals surface area contributed by atoms with Crippen molar-refractivity contribution in [2.75, 3.05) is 0 Å². The first-order valence-electron chi connectivity index (χ1n) is 6.57. The monoisotopic (exact) mass is 250 g/mol. The van der Waals surface area contributed by atoms with Crippen molar-refractivity contribution < 1.29 is 4.79 Å². The highest BCUT2D eigenvalue weighted by molar-refractivity contribution is 5.96. The Morgan fingerprint density at radius 1 is 1.00 bits per heavy atom. The lowest BCUT2D eigenvalue weighted by Crippen LogP contribution is -2.03. The number of rotatable bonds is 5. The van der Waals surface area contributed by atoms with Crippen LogP contribution in [-0.2, 0) is 0 Å². The van der Waals surface area contributed by atoms with E-state index in [1.54, 1.807) is 0 Å². The summed E-state index contributed by atoms with van der Waals surface area (Å²) in [6.45, 7) is 2.07. The highest BCUT2D eigenvalue weighted by Gasteiger charge is 2.08. The summed E-state index contributed by atoms with van der Waals surface area (Å²) in [5.74, 6) is 0.443. The quantitative estimate of drug-likeness (QED) is 0.708. The lowest BCUT2D eigenvalue weighted by molar-refractivity contribution is 0.0972. The summed E-state index contributed by atoms with van der Waals surface area (Å²) in [5, 5.41) is 0. The van der Waals surface area contributed by atoms with E-state index in [9.17, 15) is 4.79 Å². The molecule has 1 unspecified atom stereocenters. The number of ketones is 1. The van der Waals surface area contributed by atoms with Crippen LogP contribution in [0.1, 0.15) is 29.3 Å². The SMILES string of the molecule is CC(/C=C/c1ccccc1)CC(=O)c1ccccc1. The minimum atomic E-state index is 0.200. The third kappa shape index (κ3) is 4.22. The molecule has 2 rings (SSSR count). The third-order valence-corrected chi connectivity index (χ3v) is 3.02. The van der Waals surface area contributed by atoms with Crippen molar-refractivity contribution in [1.82, 2.24) is 0 Å². The lowest BCUT2D eigenvalue weighted by Gasteiger charge is -2.05. The van der Waals surface area contributed by atoms with Crippen molar-refractivity contribution in [3.05, 3.63) is 77.9 Å². The van der Waals surface area contributed by atoms with Crippen LogP contribution < -0.4 is 0 Å². The van der Waals surface area contributed by atoms with Crippen LogP contribution in [0, 0.1) is 5.92 Å². The highest BCUT2D eigenvalue weighted by atomic mass is 16.1. The Morgan fingerprint density at radius 2 is 1.58 bits per heavy atom. The zero-order valence-corrected chi connectivity index (χ0v) is 11.1. The van der Waals surface area contributed by atoms with Gasteiger partial charge in [0.25, 0.3) is 0 Å². The average Bonchev–Trinajstić information content (AvgIpc) is 2.47. The van der Waals surface area contributed by atoms with E-state index in [1.807, 2.05) is 48.5 Å². The molecule has 0 aliphatic heterocycles. The number of hydrogen-bond acceptors (Lipinski definition) is 1. The molecule has 0 aliphatic carbocycles. The number of Topliss-reactive ketones (excluding diaryl/α,β-unsaturated/α-hetero) is 1. The summed E-state index contributed by atoms with van der Waals surface area (Å²) in [6, 6.07) is 19.6. The molecule has 0 saturated heterocycles. The van der Waals surface area contributed by atoms with Crippen molar-refractivity contribution in [2.45, 2.75) is 13.3 Å². The Hall–Kier alpha value is -2.15. The molecule has 1 heteroatoms. The summed E-state index contributed by atoms with van der Waals surface area (Å²) < 4.78 is 0. The summed E-state index contributed by atoms with van der Waals surface area (Å²) in [7, 11) is 0. The molecular formula is C18H18O. The van der Waals surface area contributed by atoms with Gasteiger partial charge in [-0.2, -0.15) is 0 Å². The number of benzene rings is 2. The molecule has 2 aromatic carbocycles. The van der Waals surface area contributed by atoms with Gasteiger partial charge < -0.3 is 0 Å². The molecule has 1 nitrogen and oxygen atoms in total. The van der Waals surface area contributed by atoms with Gasteiger partial charge in [0.1, 0.15) is 0 Å². The molecule has 0 heterocycles. The number of hydrogen-bond donors (Lipinski definition) is 0. The van der Waals surface area contributed by atoms with Gasteiger partial charge in [0.2, 0.25) is 0 Å². The molecule has 0 aromatic heterocycles. The molecule has 19 heavy (non-hydrogen) atoms. The van der Waals surface area contributed by atoms with Gasteiger partial charge in [-0.15, -0.1) is 0 Å². The number of carbonyl (C=O) groups excluding carboxylic acids is 1. The lowest BCUT2D eigenvalue weighted by atomic mass is 9.99. The Labute approximate surface area is 114 Å². The van der Waals surface area contributed by atoms with Crippen LogP contribution in [0.5, 0.6) is 0 Å². The first kappa shape index (κ1) is 13.3. The van der Waals surface area contributed by atoms with E-state index < -0.39 is 0 Å². The summed E-state index contributed by atoms with van der Waals surface area (Å²) in [6.07, 6.45) is 4.71. The van der Waals surface area contributed by atoms with E-state index in [0.29, 0.717) is 6.42 Å². The zero-order valence-electron chi connectivity index (χ0n) is 11.1. The van der Waals surface area contributed by atoms with Gasteiger partial charge in [-0.05, 0) is 11.5 Å². The first-order valence-corrected chi connectivity index (χ1v) is 6.57. The average molecular weight is 250 g/mol. The van der Waals surface area contributed by atoms with Gasteiger partial charge in [-0.1, -0.05) is 79.7 Å². The largest absolute Gasteiger partial charge is 0.294 e. The van der Waals surface area contributed by atoms with Crippen LogP contribution in [0.4, 0.5) is 0 Å². The van der Waals surface area contributed by atoms with E-state index in [1.165, 1.54) is 5.56 Å². The summed E-state index contributed by atoms with van der Waals surface area (Å²) in [4.78, 5) is 12.0. The van der Waals surface area contributed by atoms with Crippen LogP contribution in [0.25, 0.3) is 6.08 Å². The Kier molecular flexibility index (Phi) is 4.68. The van der Waals surface area contributed by atoms with Crippen LogP contribution in [0.3, 0.4) is 0 Å². The maximum atomic E-state index is 12.0. The molecule has 0 radical (unpaired) electrons. The molecule has 0 amide bonds. The topological polar surface area (TPSA) is 17.1 Å². The predicted octanol–water partition coefficient (Wildman–Crippen LogP) is 4.61. The molecule has 2 aromatic rings. The Balaban J connectivity index is 1.93. The number of carbonyl (C=O) groups is 1. The minimum Gasteiger partial charge on any atom is -0.294 e. The molecule has 0 saturated carbocycles. The zero-order chi connectivity index (χ0) is 13.5. The summed E-state index contributed by atoms with van der Waals surface area (Å²) >= 11 is 0. The second kappa shape index (κ2) is 6.69. The van der Waals surface area contributed by atoms with Gasteiger partial charge in [0.05, 0.1) is 0 Å². The molecule has 0 bridgehead atoms. The van der Waals surface area contributed by atoms with Gasteiger partial charge in [-0.3, -0.25) is 4.79 Å². The first-order chi connectivity index (χ1) is 9.25. The fourth-order valence-electron chi connectivity index (χ4n) is 1.94. The number of allylic oxidation sites excluding steroid dienone is 1. The van der Waals surface area contributed by atoms with Crippen LogP contribution in [0.15, 0.2) is 66.7 Å². The molecule has 0 spiro atoms. The van der Waals surface area contributed by atoms with Gasteiger partial charge in [0, 0.05) is 12.0 Å². The second-order valence-corrected chi connectivity index (χ2v) is 4.74. The molecule has 0 fully saturated rings. The molecule has 0 N–H and O–H groups in total. The van der Waals surface area contributed by atoms with Crippen LogP contribution in [0.2, 0.25) is 0 Å². The molecular weight excluding hydrogens is 232 g/mol. The minimum absolute atomic E-state index is 0.200. The van der Waals surface area contributed by atoms with Crippen molar-refractivity contribution in [1.29, 1.82) is 0 Å². The fourth-order valence-corrected chi connectivity index (χ4v) is 1.94. The van der Waals surface area contributed by atoms with Crippen molar-refractivity contribution >= 4 is 11.9 Å². The highest BCUT2D eigenvalue weighted by Crippen LogP contribution is 2.12. The van der Waals surface area contributed by atoms with Gasteiger partial charge in [-0.25, -0.2) is 0 Å². The normalized spacial score (nSPS) is 12.5. The van der Waals surface area contributed by atoms with Gasteiger partial charge >= 0.3 is 0 Å². The van der Waals surface area contributed by atoms with E-state index in [2.05, 4.69) is 31.2 Å². The van der Waals surface area contributed by atoms with Crippen molar-refractivity contribution in [2.24, 2.45) is 5.92 Å². The van der Waals surface area contributed by atoms with E-state index in [-0.39, 0.29) is 11.7 Å². The summed E-state index contributed by atoms with van der Waals surface area (Å²) in [5.41, 5.74) is 1.96. The van der Waals surface area contributed by atoms with Gasteiger partial charge in [0.15, 0.2) is 5.78 Å².